The van der Waals surface area contributed by atoms with Crippen LogP contribution in [-0.4, -0.2) is 11.1 Å². The highest BCUT2D eigenvalue weighted by Gasteiger charge is 2.11. The van der Waals surface area contributed by atoms with Crippen LogP contribution in [0, 0.1) is 18.3 Å². The van der Waals surface area contributed by atoms with Gasteiger partial charge in [-0.25, -0.2) is 4.79 Å². The minimum Gasteiger partial charge on any atom is -0.477 e. The first-order chi connectivity index (χ1) is 9.51. The van der Waals surface area contributed by atoms with Crippen molar-refractivity contribution >= 4 is 34.6 Å². The molecule has 0 aliphatic heterocycles. The number of halogens is 1. The van der Waals surface area contributed by atoms with Crippen molar-refractivity contribution in [2.45, 2.75) is 13.5 Å². The van der Waals surface area contributed by atoms with Gasteiger partial charge in [0.1, 0.15) is 4.88 Å². The lowest BCUT2D eigenvalue weighted by molar-refractivity contribution is 0.0702. The van der Waals surface area contributed by atoms with E-state index in [4.69, 9.17) is 22.0 Å². The van der Waals surface area contributed by atoms with Crippen LogP contribution in [0.2, 0.25) is 5.02 Å². The summed E-state index contributed by atoms with van der Waals surface area (Å²) in [5.41, 5.74) is 2.09. The molecule has 0 radical (unpaired) electrons. The first-order valence-corrected chi connectivity index (χ1v) is 6.97. The summed E-state index contributed by atoms with van der Waals surface area (Å²) in [6.45, 7) is 2.34. The zero-order chi connectivity index (χ0) is 14.7. The molecule has 0 saturated heterocycles. The van der Waals surface area contributed by atoms with E-state index in [0.717, 1.165) is 10.4 Å². The van der Waals surface area contributed by atoms with E-state index < -0.39 is 5.97 Å². The Bertz CT molecular complexity index is 704. The number of rotatable bonds is 4. The van der Waals surface area contributed by atoms with E-state index in [1.54, 1.807) is 24.3 Å². The minimum absolute atomic E-state index is 0.316. The molecular formula is C14H11ClN2O2S. The third-order valence-electron chi connectivity index (χ3n) is 2.80. The molecule has 1 aromatic heterocycles. The maximum absolute atomic E-state index is 10.9. The van der Waals surface area contributed by atoms with Crippen LogP contribution in [-0.2, 0) is 6.54 Å². The summed E-state index contributed by atoms with van der Waals surface area (Å²) in [5.74, 6) is -0.922. The van der Waals surface area contributed by atoms with Gasteiger partial charge in [0, 0.05) is 11.4 Å². The summed E-state index contributed by atoms with van der Waals surface area (Å²) in [5, 5.41) is 21.5. The monoisotopic (exact) mass is 306 g/mol. The molecule has 6 heteroatoms. The van der Waals surface area contributed by atoms with E-state index >= 15 is 0 Å². The van der Waals surface area contributed by atoms with Crippen LogP contribution in [0.15, 0.2) is 24.3 Å². The van der Waals surface area contributed by atoms with E-state index in [1.165, 1.54) is 11.3 Å². The summed E-state index contributed by atoms with van der Waals surface area (Å²) in [6, 6.07) is 8.67. The topological polar surface area (TPSA) is 73.1 Å². The van der Waals surface area contributed by atoms with Crippen LogP contribution in [0.3, 0.4) is 0 Å². The molecule has 1 aromatic carbocycles. The Labute approximate surface area is 125 Å². The van der Waals surface area contributed by atoms with Gasteiger partial charge in [0.25, 0.3) is 0 Å². The van der Waals surface area contributed by atoms with Crippen molar-refractivity contribution in [3.05, 3.63) is 50.2 Å². The first kappa shape index (κ1) is 14.4. The highest BCUT2D eigenvalue weighted by atomic mass is 35.5. The summed E-state index contributed by atoms with van der Waals surface area (Å²) in [4.78, 5) is 12.2. The second-order valence-electron chi connectivity index (χ2n) is 4.16. The van der Waals surface area contributed by atoms with Crippen molar-refractivity contribution in [1.29, 1.82) is 5.26 Å². The first-order valence-electron chi connectivity index (χ1n) is 5.77. The van der Waals surface area contributed by atoms with Crippen LogP contribution < -0.4 is 5.32 Å². The molecule has 0 fully saturated rings. The van der Waals surface area contributed by atoms with Gasteiger partial charge in [0.2, 0.25) is 0 Å². The van der Waals surface area contributed by atoms with Gasteiger partial charge >= 0.3 is 5.97 Å². The Balaban J connectivity index is 2.17. The predicted octanol–water partition coefficient (Wildman–Crippen LogP) is 3.89. The number of aryl methyl sites for hydroxylation is 1. The number of anilines is 1. The number of nitrogens with zero attached hydrogens (tertiary/aromatic N) is 1. The van der Waals surface area contributed by atoms with Gasteiger partial charge in [-0.1, -0.05) is 11.6 Å². The molecule has 0 spiro atoms. The largest absolute Gasteiger partial charge is 0.477 e. The van der Waals surface area contributed by atoms with E-state index in [1.807, 2.05) is 13.0 Å². The third-order valence-corrected chi connectivity index (χ3v) is 4.21. The summed E-state index contributed by atoms with van der Waals surface area (Å²) < 4.78 is 0. The molecule has 0 bridgehead atoms. The Morgan fingerprint density at radius 1 is 1.50 bits per heavy atom. The van der Waals surface area contributed by atoms with Gasteiger partial charge in [0.05, 0.1) is 22.3 Å². The highest BCUT2D eigenvalue weighted by Crippen LogP contribution is 2.26. The molecular weight excluding hydrogens is 296 g/mol. The van der Waals surface area contributed by atoms with Gasteiger partial charge in [-0.3, -0.25) is 0 Å². The number of hydrogen-bond donors (Lipinski definition) is 2. The summed E-state index contributed by atoms with van der Waals surface area (Å²) >= 11 is 7.30. The lowest BCUT2D eigenvalue weighted by Crippen LogP contribution is -2.00. The fourth-order valence-corrected chi connectivity index (χ4v) is 2.79. The second-order valence-corrected chi connectivity index (χ2v) is 5.82. The molecule has 0 aliphatic rings. The molecule has 0 atom stereocenters. The molecule has 2 N–H and O–H groups in total. The summed E-state index contributed by atoms with van der Waals surface area (Å²) in [7, 11) is 0. The van der Waals surface area contributed by atoms with E-state index in [0.29, 0.717) is 27.7 Å². The van der Waals surface area contributed by atoms with Gasteiger partial charge in [-0.2, -0.15) is 5.26 Å². The fraction of sp³-hybridized carbons (Fsp3) is 0.143. The smallest absolute Gasteiger partial charge is 0.345 e. The third kappa shape index (κ3) is 3.10. The Morgan fingerprint density at radius 3 is 2.85 bits per heavy atom. The quantitative estimate of drug-likeness (QED) is 0.898. The number of carboxylic acids is 1. The number of carboxylic acid groups (broad SMARTS) is 1. The van der Waals surface area contributed by atoms with Crippen molar-refractivity contribution < 1.29 is 9.90 Å². The molecule has 4 nitrogen and oxygen atoms in total. The van der Waals surface area contributed by atoms with Crippen molar-refractivity contribution in [3.8, 4) is 6.07 Å². The molecule has 0 amide bonds. The SMILES string of the molecule is Cc1sc(C(=O)O)cc1CNc1cc(C#N)ccc1Cl. The zero-order valence-corrected chi connectivity index (χ0v) is 12.2. The van der Waals surface area contributed by atoms with Crippen molar-refractivity contribution in [2.75, 3.05) is 5.32 Å². The minimum atomic E-state index is -0.922. The fourth-order valence-electron chi connectivity index (χ4n) is 1.72. The van der Waals surface area contributed by atoms with Gasteiger partial charge < -0.3 is 10.4 Å². The number of carbonyl (C=O) groups is 1. The number of hydrogen-bond acceptors (Lipinski definition) is 4. The Kier molecular flexibility index (Phi) is 4.28. The van der Waals surface area contributed by atoms with E-state index in [9.17, 15) is 4.79 Å². The summed E-state index contributed by atoms with van der Waals surface area (Å²) in [6.07, 6.45) is 0. The van der Waals surface area contributed by atoms with E-state index in [2.05, 4.69) is 5.32 Å². The second kappa shape index (κ2) is 5.95. The highest BCUT2D eigenvalue weighted by molar-refractivity contribution is 7.14. The average Bonchev–Trinajstić information content (AvgIpc) is 2.79. The van der Waals surface area contributed by atoms with Crippen molar-refractivity contribution in [1.82, 2.24) is 0 Å². The molecule has 1 heterocycles. The number of thiophene rings is 1. The maximum Gasteiger partial charge on any atom is 0.345 e. The van der Waals surface area contributed by atoms with Crippen molar-refractivity contribution in [3.63, 3.8) is 0 Å². The normalized spacial score (nSPS) is 10.1. The van der Waals surface area contributed by atoms with Crippen LogP contribution in [0.25, 0.3) is 0 Å². The lowest BCUT2D eigenvalue weighted by atomic mass is 10.2. The van der Waals surface area contributed by atoms with Crippen molar-refractivity contribution in [2.24, 2.45) is 0 Å². The average molecular weight is 307 g/mol. The zero-order valence-electron chi connectivity index (χ0n) is 10.6. The van der Waals surface area contributed by atoms with Gasteiger partial charge in [0.15, 0.2) is 0 Å². The van der Waals surface area contributed by atoms with Crippen LogP contribution in [0.5, 0.6) is 0 Å². The lowest BCUT2D eigenvalue weighted by Gasteiger charge is -2.08. The molecule has 2 aromatic rings. The maximum atomic E-state index is 10.9. The van der Waals surface area contributed by atoms with Gasteiger partial charge in [-0.15, -0.1) is 11.3 Å². The van der Waals surface area contributed by atoms with Crippen LogP contribution in [0.4, 0.5) is 5.69 Å². The van der Waals surface area contributed by atoms with E-state index in [-0.39, 0.29) is 0 Å². The van der Waals surface area contributed by atoms with Gasteiger partial charge in [-0.05, 0) is 36.8 Å². The molecule has 102 valence electrons. The molecule has 0 unspecified atom stereocenters. The predicted molar refractivity (Wildman–Crippen MR) is 79.5 cm³/mol. The number of nitriles is 1. The van der Waals surface area contributed by atoms with Crippen LogP contribution in [0.1, 0.15) is 25.7 Å². The molecule has 20 heavy (non-hydrogen) atoms. The number of benzene rings is 1. The standard InChI is InChI=1S/C14H11ClN2O2S/c1-8-10(5-13(20-8)14(18)19)7-17-12-4-9(6-16)2-3-11(12)15/h2-5,17H,7H2,1H3,(H,18,19). The number of nitrogens with one attached hydrogen (secondary N) is 1. The Morgan fingerprint density at radius 2 is 2.25 bits per heavy atom. The molecule has 2 rings (SSSR count). The molecule has 0 aliphatic carbocycles. The molecule has 0 saturated carbocycles. The Hall–Kier alpha value is -2.03. The van der Waals surface area contributed by atoms with Crippen LogP contribution >= 0.6 is 22.9 Å². The number of aromatic carboxylic acids is 1.